The molecule has 0 rings (SSSR count). The zero-order valence-corrected chi connectivity index (χ0v) is 39.9. The van der Waals surface area contributed by atoms with Gasteiger partial charge in [0.1, 0.15) is 19.3 Å². The van der Waals surface area contributed by atoms with E-state index in [2.05, 4.69) is 135 Å². The third kappa shape index (κ3) is 47.8. The van der Waals surface area contributed by atoms with Gasteiger partial charge in [-0.15, -0.1) is 0 Å². The molecule has 61 heavy (non-hydrogen) atoms. The van der Waals surface area contributed by atoms with Gasteiger partial charge in [0.2, 0.25) is 0 Å². The van der Waals surface area contributed by atoms with E-state index in [1.807, 2.05) is 21.1 Å². The fourth-order valence-electron chi connectivity index (χ4n) is 5.49. The molecule has 0 bridgehead atoms. The summed E-state index contributed by atoms with van der Waals surface area (Å²) in [5.41, 5.74) is 0. The number of nitrogens with zero attached hydrogens (tertiary/aromatic N) is 1. The number of unbranched alkanes of at least 4 members (excludes halogenated alkanes) is 7. The van der Waals surface area contributed by atoms with Gasteiger partial charge in [0.25, 0.3) is 7.82 Å². The van der Waals surface area contributed by atoms with E-state index in [1.165, 1.54) is 12.8 Å². The van der Waals surface area contributed by atoms with Crippen molar-refractivity contribution in [3.8, 4) is 0 Å². The lowest BCUT2D eigenvalue weighted by Gasteiger charge is -2.28. The molecule has 0 heterocycles. The molecule has 0 N–H and O–H groups in total. The summed E-state index contributed by atoms with van der Waals surface area (Å²) >= 11 is 0. The highest BCUT2D eigenvalue weighted by atomic mass is 31.2. The van der Waals surface area contributed by atoms with E-state index in [0.717, 1.165) is 109 Å². The predicted octanol–water partition coefficient (Wildman–Crippen LogP) is 13.5. The third-order valence-electron chi connectivity index (χ3n) is 9.01. The Kier molecular flexibility index (Phi) is 41.3. The molecule has 0 spiro atoms. The lowest BCUT2D eigenvalue weighted by Crippen LogP contribution is -2.37. The second-order valence-corrected chi connectivity index (χ2v) is 17.4. The van der Waals surface area contributed by atoms with Crippen LogP contribution < -0.4 is 4.89 Å². The predicted molar refractivity (Wildman–Crippen MR) is 258 cm³/mol. The van der Waals surface area contributed by atoms with Gasteiger partial charge < -0.3 is 27.9 Å². The van der Waals surface area contributed by atoms with Crippen LogP contribution in [0.2, 0.25) is 0 Å². The molecular weight excluding hydrogens is 782 g/mol. The number of ether oxygens (including phenoxy) is 2. The number of esters is 1. The Morgan fingerprint density at radius 2 is 0.902 bits per heavy atom. The number of allylic oxidation sites excluding steroid dienone is 20. The molecule has 0 aromatic carbocycles. The van der Waals surface area contributed by atoms with Gasteiger partial charge in [-0.25, -0.2) is 0 Å². The van der Waals surface area contributed by atoms with Gasteiger partial charge in [-0.1, -0.05) is 161 Å². The molecule has 0 aliphatic heterocycles. The monoisotopic (exact) mass is 868 g/mol. The van der Waals surface area contributed by atoms with E-state index < -0.39 is 13.9 Å². The number of hydrogen-bond donors (Lipinski definition) is 0. The maximum absolute atomic E-state index is 12.7. The van der Waals surface area contributed by atoms with Crippen LogP contribution in [0.3, 0.4) is 0 Å². The standard InChI is InChI=1S/C52H86NO7P/c1-6-8-10-12-14-16-18-20-22-24-26-28-30-32-34-36-38-40-42-44-47-57-49-51(50-59-61(55,56)58-48-46-53(3,4)5)60-52(54)45-43-41-39-37-35-33-31-29-27-25-23-21-19-17-15-13-11-9-7-2/h8-11,14-17,20-23,26-29,32,34,38,40,51H,6-7,12-13,18-19,24-25,30-31,33,35-37,39,41-50H2,1-5H3/b10-8-,11-9-,16-14-,17-15-,22-20-,23-21-,28-26-,29-27-,34-32-,40-38-. The quantitative estimate of drug-likeness (QED) is 0.0199. The number of phosphoric acid groups is 1. The van der Waals surface area contributed by atoms with Crippen LogP contribution in [0.25, 0.3) is 0 Å². The van der Waals surface area contributed by atoms with Crippen molar-refractivity contribution in [1.29, 1.82) is 0 Å². The Morgan fingerprint density at radius 3 is 1.34 bits per heavy atom. The summed E-state index contributed by atoms with van der Waals surface area (Å²) in [4.78, 5) is 25.1. The molecule has 0 aliphatic rings. The number of hydrogen-bond acceptors (Lipinski definition) is 7. The van der Waals surface area contributed by atoms with Crippen LogP contribution in [0.5, 0.6) is 0 Å². The van der Waals surface area contributed by atoms with Crippen molar-refractivity contribution >= 4 is 13.8 Å². The van der Waals surface area contributed by atoms with E-state index in [9.17, 15) is 14.3 Å². The van der Waals surface area contributed by atoms with Crippen molar-refractivity contribution in [1.82, 2.24) is 0 Å². The van der Waals surface area contributed by atoms with E-state index in [4.69, 9.17) is 18.5 Å². The second-order valence-electron chi connectivity index (χ2n) is 16.0. The van der Waals surface area contributed by atoms with E-state index in [-0.39, 0.29) is 32.2 Å². The molecule has 2 unspecified atom stereocenters. The van der Waals surface area contributed by atoms with Crippen LogP contribution >= 0.6 is 7.82 Å². The van der Waals surface area contributed by atoms with E-state index in [1.54, 1.807) is 0 Å². The van der Waals surface area contributed by atoms with E-state index >= 15 is 0 Å². The van der Waals surface area contributed by atoms with Gasteiger partial charge in [-0.3, -0.25) is 9.36 Å². The van der Waals surface area contributed by atoms with Crippen molar-refractivity contribution in [2.75, 3.05) is 54.1 Å². The van der Waals surface area contributed by atoms with Crippen molar-refractivity contribution in [2.45, 2.75) is 148 Å². The van der Waals surface area contributed by atoms with Crippen LogP contribution in [0, 0.1) is 0 Å². The van der Waals surface area contributed by atoms with Gasteiger partial charge in [-0.2, -0.15) is 0 Å². The lowest BCUT2D eigenvalue weighted by atomic mass is 10.1. The summed E-state index contributed by atoms with van der Waals surface area (Å²) in [7, 11) is 1.28. The molecule has 0 amide bonds. The molecule has 346 valence electrons. The van der Waals surface area contributed by atoms with Crippen molar-refractivity contribution < 1.29 is 37.3 Å². The highest BCUT2D eigenvalue weighted by Crippen LogP contribution is 2.38. The van der Waals surface area contributed by atoms with Crippen LogP contribution in [0.1, 0.15) is 142 Å². The fourth-order valence-corrected chi connectivity index (χ4v) is 6.22. The summed E-state index contributed by atoms with van der Waals surface area (Å²) in [6, 6.07) is 0. The largest absolute Gasteiger partial charge is 0.756 e. The average Bonchev–Trinajstić information content (AvgIpc) is 3.22. The first-order valence-electron chi connectivity index (χ1n) is 23.3. The Balaban J connectivity index is 4.38. The summed E-state index contributed by atoms with van der Waals surface area (Å²) in [5, 5.41) is 0. The van der Waals surface area contributed by atoms with Gasteiger partial charge in [0.15, 0.2) is 0 Å². The van der Waals surface area contributed by atoms with Crippen LogP contribution in [0.4, 0.5) is 0 Å². The lowest BCUT2D eigenvalue weighted by molar-refractivity contribution is -0.870. The van der Waals surface area contributed by atoms with Gasteiger partial charge in [0, 0.05) is 13.0 Å². The second kappa shape index (κ2) is 43.5. The molecule has 0 radical (unpaired) electrons. The Morgan fingerprint density at radius 1 is 0.508 bits per heavy atom. The third-order valence-corrected chi connectivity index (χ3v) is 9.97. The summed E-state index contributed by atoms with van der Waals surface area (Å²) in [6.07, 6.45) is 62.3. The minimum absolute atomic E-state index is 0.00423. The van der Waals surface area contributed by atoms with Crippen molar-refractivity contribution in [2.24, 2.45) is 0 Å². The average molecular weight is 868 g/mol. The first kappa shape index (κ1) is 57.9. The number of rotatable bonds is 41. The van der Waals surface area contributed by atoms with E-state index in [0.29, 0.717) is 17.6 Å². The number of carbonyl (C=O) groups excluding carboxylic acids is 1. The van der Waals surface area contributed by atoms with Crippen molar-refractivity contribution in [3.05, 3.63) is 122 Å². The first-order chi connectivity index (χ1) is 29.6. The minimum Gasteiger partial charge on any atom is -0.756 e. The summed E-state index contributed by atoms with van der Waals surface area (Å²) in [5.74, 6) is -0.374. The highest BCUT2D eigenvalue weighted by Gasteiger charge is 2.20. The maximum Gasteiger partial charge on any atom is 0.306 e. The number of carbonyl (C=O) groups is 1. The topological polar surface area (TPSA) is 94.1 Å². The fraction of sp³-hybridized carbons (Fsp3) is 0.596. The van der Waals surface area contributed by atoms with Crippen LogP contribution in [-0.4, -0.2) is 70.7 Å². The highest BCUT2D eigenvalue weighted by molar-refractivity contribution is 7.45. The zero-order valence-electron chi connectivity index (χ0n) is 39.1. The molecule has 0 saturated heterocycles. The smallest absolute Gasteiger partial charge is 0.306 e. The molecule has 0 fully saturated rings. The molecule has 0 aromatic heterocycles. The number of phosphoric ester groups is 1. The molecule has 2 atom stereocenters. The van der Waals surface area contributed by atoms with Crippen LogP contribution in [-0.2, 0) is 27.9 Å². The molecule has 9 heteroatoms. The van der Waals surface area contributed by atoms with Crippen molar-refractivity contribution in [3.63, 3.8) is 0 Å². The minimum atomic E-state index is -4.56. The Bertz CT molecular complexity index is 1380. The number of likely N-dealkylation sites (N-methyl/N-ethyl adjacent to an activating group) is 1. The molecular formula is C52H86NO7P. The molecule has 0 aromatic rings. The summed E-state index contributed by atoms with van der Waals surface area (Å²) < 4.78 is 34.5. The Labute approximate surface area is 373 Å². The normalized spacial score (nSPS) is 14.8. The van der Waals surface area contributed by atoms with Gasteiger partial charge >= 0.3 is 5.97 Å². The summed E-state index contributed by atoms with van der Waals surface area (Å²) in [6.45, 7) is 4.96. The zero-order chi connectivity index (χ0) is 44.8. The molecule has 0 aliphatic carbocycles. The molecule has 8 nitrogen and oxygen atoms in total. The van der Waals surface area contributed by atoms with Crippen LogP contribution in [0.15, 0.2) is 122 Å². The first-order valence-corrected chi connectivity index (χ1v) is 24.7. The molecule has 0 saturated carbocycles. The number of quaternary nitrogens is 1. The Hall–Kier alpha value is -3.10. The van der Waals surface area contributed by atoms with Gasteiger partial charge in [-0.05, 0) is 96.3 Å². The maximum atomic E-state index is 12.7. The SMILES string of the molecule is CC/C=C\C/C=C\C/C=C\C/C=C\C/C=C\C/C=C\CCCOCC(COP(=O)([O-])OCC[N+](C)(C)C)OC(=O)CCCCCCCC/C=C\C/C=C\C/C=C\C/C=C\CC. The van der Waals surface area contributed by atoms with Gasteiger partial charge in [0.05, 0.1) is 34.4 Å².